The van der Waals surface area contributed by atoms with Crippen molar-refractivity contribution in [3.8, 4) is 11.5 Å². The van der Waals surface area contributed by atoms with Crippen LogP contribution in [-0.2, 0) is 20.7 Å². The van der Waals surface area contributed by atoms with Crippen molar-refractivity contribution in [1.29, 1.82) is 0 Å². The number of hydrogen-bond acceptors (Lipinski definition) is 5. The third kappa shape index (κ3) is 6.41. The van der Waals surface area contributed by atoms with Gasteiger partial charge in [0.1, 0.15) is 0 Å². The highest BCUT2D eigenvalue weighted by Crippen LogP contribution is 2.28. The van der Waals surface area contributed by atoms with Crippen LogP contribution in [0.2, 0.25) is 0 Å². The topological polar surface area (TPSA) is 77.1 Å². The molecule has 0 spiro atoms. The fraction of sp³-hybridized carbons (Fsp3) is 0.619. The van der Waals surface area contributed by atoms with Crippen molar-refractivity contribution in [2.75, 3.05) is 47.6 Å². The van der Waals surface area contributed by atoms with Gasteiger partial charge in [-0.25, -0.2) is 0 Å². The second-order valence-corrected chi connectivity index (χ2v) is 6.98. The van der Waals surface area contributed by atoms with Crippen LogP contribution in [0.5, 0.6) is 11.5 Å². The Morgan fingerprint density at radius 3 is 2.46 bits per heavy atom. The molecule has 0 atom stereocenters. The number of likely N-dealkylation sites (tertiary alicyclic amines) is 1. The minimum Gasteiger partial charge on any atom is -0.493 e. The van der Waals surface area contributed by atoms with Gasteiger partial charge < -0.3 is 24.4 Å². The Kier molecular flexibility index (Phi) is 9.07. The van der Waals surface area contributed by atoms with E-state index in [1.807, 2.05) is 23.1 Å². The lowest BCUT2D eigenvalue weighted by atomic mass is 9.95. The monoisotopic (exact) mass is 392 g/mol. The number of methoxy groups -OCH3 is 3. The van der Waals surface area contributed by atoms with Crippen molar-refractivity contribution in [2.24, 2.45) is 5.92 Å². The maximum Gasteiger partial charge on any atom is 0.223 e. The molecule has 0 saturated carbocycles. The molecule has 0 radical (unpaired) electrons. The van der Waals surface area contributed by atoms with Crippen molar-refractivity contribution < 1.29 is 23.8 Å². The van der Waals surface area contributed by atoms with E-state index in [0.29, 0.717) is 50.6 Å². The Bertz CT molecular complexity index is 642. The van der Waals surface area contributed by atoms with Gasteiger partial charge in [-0.05, 0) is 43.4 Å². The molecule has 0 bridgehead atoms. The molecule has 1 saturated heterocycles. The van der Waals surface area contributed by atoms with Crippen LogP contribution in [0, 0.1) is 5.92 Å². The summed E-state index contributed by atoms with van der Waals surface area (Å²) in [4.78, 5) is 26.6. The first-order valence-electron chi connectivity index (χ1n) is 9.84. The number of ether oxygens (including phenoxy) is 3. The van der Waals surface area contributed by atoms with Crippen LogP contribution in [-0.4, -0.2) is 64.3 Å². The molecule has 2 rings (SSSR count). The van der Waals surface area contributed by atoms with E-state index in [-0.39, 0.29) is 17.7 Å². The first-order chi connectivity index (χ1) is 13.6. The van der Waals surface area contributed by atoms with Crippen LogP contribution < -0.4 is 14.8 Å². The summed E-state index contributed by atoms with van der Waals surface area (Å²) in [6, 6.07) is 5.72. The average Bonchev–Trinajstić information content (AvgIpc) is 2.74. The molecule has 7 heteroatoms. The summed E-state index contributed by atoms with van der Waals surface area (Å²) in [6.07, 6.45) is 3.36. The van der Waals surface area contributed by atoms with Gasteiger partial charge in [0, 0.05) is 45.7 Å². The van der Waals surface area contributed by atoms with Gasteiger partial charge in [0.15, 0.2) is 11.5 Å². The minimum atomic E-state index is -0.00237. The Morgan fingerprint density at radius 2 is 1.82 bits per heavy atom. The van der Waals surface area contributed by atoms with Crippen molar-refractivity contribution in [1.82, 2.24) is 10.2 Å². The zero-order valence-electron chi connectivity index (χ0n) is 17.2. The highest BCUT2D eigenvalue weighted by molar-refractivity contribution is 5.80. The number of benzene rings is 1. The van der Waals surface area contributed by atoms with Gasteiger partial charge in [-0.2, -0.15) is 0 Å². The quantitative estimate of drug-likeness (QED) is 0.617. The molecule has 7 nitrogen and oxygen atoms in total. The second kappa shape index (κ2) is 11.5. The van der Waals surface area contributed by atoms with E-state index in [4.69, 9.17) is 14.2 Å². The van der Waals surface area contributed by atoms with Crippen LogP contribution in [0.3, 0.4) is 0 Å². The van der Waals surface area contributed by atoms with E-state index in [1.165, 1.54) is 0 Å². The lowest BCUT2D eigenvalue weighted by Crippen LogP contribution is -2.43. The molecule has 1 N–H and O–H groups in total. The molecule has 0 unspecified atom stereocenters. The summed E-state index contributed by atoms with van der Waals surface area (Å²) in [7, 11) is 4.86. The summed E-state index contributed by atoms with van der Waals surface area (Å²) < 4.78 is 15.5. The molecule has 1 fully saturated rings. The number of piperidine rings is 1. The van der Waals surface area contributed by atoms with Crippen molar-refractivity contribution >= 4 is 11.8 Å². The van der Waals surface area contributed by atoms with E-state index in [1.54, 1.807) is 21.3 Å². The number of carbonyl (C=O) groups is 2. The molecule has 28 heavy (non-hydrogen) atoms. The molecule has 1 aromatic rings. The Morgan fingerprint density at radius 1 is 1.11 bits per heavy atom. The highest BCUT2D eigenvalue weighted by atomic mass is 16.5. The Labute approximate surface area is 167 Å². The second-order valence-electron chi connectivity index (χ2n) is 6.98. The van der Waals surface area contributed by atoms with Gasteiger partial charge in [-0.1, -0.05) is 6.07 Å². The predicted molar refractivity (Wildman–Crippen MR) is 107 cm³/mol. The van der Waals surface area contributed by atoms with Crippen molar-refractivity contribution in [3.63, 3.8) is 0 Å². The smallest absolute Gasteiger partial charge is 0.223 e. The lowest BCUT2D eigenvalue weighted by Gasteiger charge is -2.31. The molecular formula is C21H32N2O5. The number of nitrogens with one attached hydrogen (secondary N) is 1. The Hall–Kier alpha value is -2.28. The van der Waals surface area contributed by atoms with Gasteiger partial charge in [-0.15, -0.1) is 0 Å². The van der Waals surface area contributed by atoms with Crippen molar-refractivity contribution in [2.45, 2.75) is 32.1 Å². The molecule has 0 aliphatic carbocycles. The largest absolute Gasteiger partial charge is 0.493 e. The molecule has 1 aliphatic rings. The fourth-order valence-corrected chi connectivity index (χ4v) is 3.41. The number of carbonyl (C=O) groups excluding carboxylic acids is 2. The number of nitrogens with zero attached hydrogens (tertiary/aromatic N) is 1. The number of aryl methyl sites for hydroxylation is 1. The number of hydrogen-bond donors (Lipinski definition) is 1. The van der Waals surface area contributed by atoms with E-state index in [2.05, 4.69) is 5.32 Å². The summed E-state index contributed by atoms with van der Waals surface area (Å²) in [5.74, 6) is 1.57. The Balaban J connectivity index is 1.74. The molecule has 1 aliphatic heterocycles. The number of rotatable bonds is 10. The van der Waals surface area contributed by atoms with Gasteiger partial charge in [0.2, 0.25) is 11.8 Å². The van der Waals surface area contributed by atoms with Crippen LogP contribution >= 0.6 is 0 Å². The summed E-state index contributed by atoms with van der Waals surface area (Å²) in [5, 5.41) is 2.95. The summed E-state index contributed by atoms with van der Waals surface area (Å²) in [6.45, 7) is 2.56. The van der Waals surface area contributed by atoms with E-state index >= 15 is 0 Å². The van der Waals surface area contributed by atoms with Crippen LogP contribution in [0.25, 0.3) is 0 Å². The molecule has 1 heterocycles. The fourth-order valence-electron chi connectivity index (χ4n) is 3.41. The molecule has 0 aromatic heterocycles. The maximum absolute atomic E-state index is 12.5. The molecule has 156 valence electrons. The van der Waals surface area contributed by atoms with E-state index < -0.39 is 0 Å². The van der Waals surface area contributed by atoms with Crippen molar-refractivity contribution in [3.05, 3.63) is 23.8 Å². The SMILES string of the molecule is COCCCNC(=O)C1CCN(C(=O)CCc2ccc(OC)c(OC)c2)CC1. The van der Waals surface area contributed by atoms with Gasteiger partial charge >= 0.3 is 0 Å². The van der Waals surface area contributed by atoms with Gasteiger partial charge in [0.05, 0.1) is 14.2 Å². The van der Waals surface area contributed by atoms with E-state index in [9.17, 15) is 9.59 Å². The van der Waals surface area contributed by atoms with Crippen LogP contribution in [0.1, 0.15) is 31.2 Å². The van der Waals surface area contributed by atoms with Crippen LogP contribution in [0.15, 0.2) is 18.2 Å². The number of amides is 2. The van der Waals surface area contributed by atoms with Crippen LogP contribution in [0.4, 0.5) is 0 Å². The highest BCUT2D eigenvalue weighted by Gasteiger charge is 2.26. The van der Waals surface area contributed by atoms with Gasteiger partial charge in [0.25, 0.3) is 0 Å². The predicted octanol–water partition coefficient (Wildman–Crippen LogP) is 2.03. The lowest BCUT2D eigenvalue weighted by molar-refractivity contribution is -0.135. The third-order valence-electron chi connectivity index (χ3n) is 5.12. The molecular weight excluding hydrogens is 360 g/mol. The summed E-state index contributed by atoms with van der Waals surface area (Å²) >= 11 is 0. The normalized spacial score (nSPS) is 14.6. The summed E-state index contributed by atoms with van der Waals surface area (Å²) in [5.41, 5.74) is 1.04. The maximum atomic E-state index is 12.5. The molecule has 2 amide bonds. The minimum absolute atomic E-state index is 0.00237. The third-order valence-corrected chi connectivity index (χ3v) is 5.12. The van der Waals surface area contributed by atoms with Gasteiger partial charge in [-0.3, -0.25) is 9.59 Å². The van der Waals surface area contributed by atoms with E-state index in [0.717, 1.165) is 24.8 Å². The average molecular weight is 392 g/mol. The standard InChI is InChI=1S/C21H32N2O5/c1-26-14-4-11-22-21(25)17-9-12-23(13-10-17)20(24)8-6-16-5-7-18(27-2)19(15-16)28-3/h5,7,15,17H,4,6,8-14H2,1-3H3,(H,22,25). The first-order valence-corrected chi connectivity index (χ1v) is 9.84. The first kappa shape index (κ1) is 22.0. The zero-order chi connectivity index (χ0) is 20.4. The zero-order valence-corrected chi connectivity index (χ0v) is 17.2. The molecule has 1 aromatic carbocycles.